The number of hydrogen-bond donors (Lipinski definition) is 1. The number of nitrogens with one attached hydrogen (secondary N) is 1. The molecule has 0 heterocycles. The Morgan fingerprint density at radius 1 is 2.00 bits per heavy atom. The van der Waals surface area contributed by atoms with Gasteiger partial charge in [0, 0.05) is 0 Å². The van der Waals surface area contributed by atoms with Crippen LogP contribution in [0.1, 0.15) is 8.35 Å². The molecule has 1 nitrogen and oxygen atoms in total. The molecule has 0 unspecified atom stereocenters. The third-order valence-corrected chi connectivity index (χ3v) is 0.144. The van der Waals surface area contributed by atoms with Gasteiger partial charge in [-0.25, -0.2) is 0 Å². The van der Waals surface area contributed by atoms with Gasteiger partial charge in [0.15, 0.2) is 0 Å². The predicted octanol–water partition coefficient (Wildman–Crippen LogP) is -2.07. The van der Waals surface area contributed by atoms with Crippen LogP contribution in [0.5, 0.6) is 0 Å². The van der Waals surface area contributed by atoms with Crippen molar-refractivity contribution in [1.29, 1.82) is 5.41 Å². The fourth-order valence-corrected chi connectivity index (χ4v) is 0. The van der Waals surface area contributed by atoms with Crippen molar-refractivity contribution < 1.29 is 31.0 Å². The van der Waals surface area contributed by atoms with Crippen LogP contribution in [0.3, 0.4) is 0 Å². The van der Waals surface area contributed by atoms with Crippen LogP contribution >= 0.6 is 0 Å². The molecule has 24 valence electrons. The van der Waals surface area contributed by atoms with Crippen molar-refractivity contribution in [2.45, 2.75) is 6.92 Å². The van der Waals surface area contributed by atoms with Crippen LogP contribution in [-0.2, 0) is 0 Å². The normalized spacial score (nSPS) is 3.40. The molecular weight excluding hydrogens is 73.0 g/mol. The fraction of sp³-hybridized carbons (Fsp3) is 0.333. The van der Waals surface area contributed by atoms with Gasteiger partial charge < -0.3 is 1.43 Å². The Balaban J connectivity index is -0.0000000450. The average molecular weight is 79.1 g/mol. The molecule has 0 aliphatic rings. The van der Waals surface area contributed by atoms with Crippen LogP contribution in [0.15, 0.2) is 6.08 Å². The molecule has 0 rings (SSSR count). The number of rotatable bonds is 0. The van der Waals surface area contributed by atoms with Crippen LogP contribution in [0.25, 0.3) is 0 Å². The molecule has 0 saturated heterocycles. The van der Waals surface area contributed by atoms with Crippen LogP contribution < -0.4 is 29.6 Å². The first-order chi connectivity index (χ1) is 1.91. The minimum atomic E-state index is 0. The van der Waals surface area contributed by atoms with Crippen molar-refractivity contribution in [3.63, 3.8) is 0 Å². The van der Waals surface area contributed by atoms with Crippen molar-refractivity contribution in [2.24, 2.45) is 0 Å². The molecule has 0 aromatic heterocycles. The van der Waals surface area contributed by atoms with Gasteiger partial charge in [-0.2, -0.15) is 0 Å². The van der Waals surface area contributed by atoms with Gasteiger partial charge in [-0.05, 0) is 18.9 Å². The van der Waals surface area contributed by atoms with Crippen molar-refractivity contribution >= 4 is 5.87 Å². The van der Waals surface area contributed by atoms with E-state index in [1.54, 1.807) is 13.0 Å². The summed E-state index contributed by atoms with van der Waals surface area (Å²) < 4.78 is 0. The van der Waals surface area contributed by atoms with Crippen molar-refractivity contribution in [3.8, 4) is 0 Å². The van der Waals surface area contributed by atoms with E-state index in [9.17, 15) is 0 Å². The van der Waals surface area contributed by atoms with Crippen LogP contribution in [0.4, 0.5) is 0 Å². The van der Waals surface area contributed by atoms with Crippen LogP contribution in [0, 0.1) is 5.41 Å². The maximum Gasteiger partial charge on any atom is 1.00 e. The zero-order valence-electron chi connectivity index (χ0n) is 4.58. The first-order valence-electron chi connectivity index (χ1n) is 1.12. The number of allylic oxidation sites excluding steroid dienone is 1. The van der Waals surface area contributed by atoms with Gasteiger partial charge in [0.1, 0.15) is 0 Å². The van der Waals surface area contributed by atoms with Crippen molar-refractivity contribution in [1.82, 2.24) is 0 Å². The summed E-state index contributed by atoms with van der Waals surface area (Å²) in [5.41, 5.74) is 0. The Labute approximate surface area is 55.4 Å². The van der Waals surface area contributed by atoms with E-state index >= 15 is 0 Å². The van der Waals surface area contributed by atoms with E-state index in [4.69, 9.17) is 5.41 Å². The summed E-state index contributed by atoms with van der Waals surface area (Å²) in [5.74, 6) is 2.06. The minimum absolute atomic E-state index is 0. The van der Waals surface area contributed by atoms with Crippen molar-refractivity contribution in [2.75, 3.05) is 0 Å². The summed E-state index contributed by atoms with van der Waals surface area (Å²) in [7, 11) is 0. The summed E-state index contributed by atoms with van der Waals surface area (Å²) in [6, 6.07) is 0. The molecule has 0 atom stereocenters. The smallest absolute Gasteiger partial charge is 1.00 e. The van der Waals surface area contributed by atoms with Gasteiger partial charge in [0.25, 0.3) is 0 Å². The van der Waals surface area contributed by atoms with Gasteiger partial charge in [0.05, 0.1) is 0 Å². The third-order valence-electron chi connectivity index (χ3n) is 0.144. The van der Waals surface area contributed by atoms with Gasteiger partial charge in [-0.3, -0.25) is 5.41 Å². The molecule has 0 fully saturated rings. The second-order valence-corrected chi connectivity index (χ2v) is 0.433. The second kappa shape index (κ2) is 8.82. The molecule has 0 spiro atoms. The largest absolute Gasteiger partial charge is 1.00 e. The first-order valence-corrected chi connectivity index (χ1v) is 1.12. The second-order valence-electron chi connectivity index (χ2n) is 0.433. The predicted molar refractivity (Wildman–Crippen MR) is 19.1 cm³/mol. The summed E-state index contributed by atoms with van der Waals surface area (Å²) >= 11 is 0. The molecule has 0 aliphatic carbocycles. The molecule has 0 aromatic carbocycles. The molecule has 0 radical (unpaired) electrons. The maximum atomic E-state index is 6.15. The summed E-state index contributed by atoms with van der Waals surface area (Å²) in [4.78, 5) is 0. The Morgan fingerprint density at radius 3 is 2.20 bits per heavy atom. The zero-order chi connectivity index (χ0) is 3.41. The standard InChI is InChI=1S/C3H5N.Na.H/c1-2-3-4;;/h2,4H,1H3;;/q;+1;-1. The first kappa shape index (κ1) is 9.07. The van der Waals surface area contributed by atoms with E-state index in [2.05, 4.69) is 5.87 Å². The van der Waals surface area contributed by atoms with E-state index in [1.165, 1.54) is 0 Å². The Kier molecular flexibility index (Phi) is 16.0. The molecule has 0 aromatic rings. The van der Waals surface area contributed by atoms with E-state index in [1.807, 2.05) is 0 Å². The summed E-state index contributed by atoms with van der Waals surface area (Å²) in [5, 5.41) is 6.15. The van der Waals surface area contributed by atoms with Gasteiger partial charge in [-0.1, -0.05) is 0 Å². The molecule has 0 saturated carbocycles. The molecular formula is C3H6NNa. The van der Waals surface area contributed by atoms with Crippen LogP contribution in [0.2, 0.25) is 0 Å². The van der Waals surface area contributed by atoms with Gasteiger partial charge >= 0.3 is 29.6 Å². The Morgan fingerprint density at radius 2 is 2.20 bits per heavy atom. The quantitative estimate of drug-likeness (QED) is 0.255. The van der Waals surface area contributed by atoms with E-state index in [0.717, 1.165) is 0 Å². The molecule has 2 heteroatoms. The SMILES string of the molecule is CC=C=N.[H-].[Na+]. The molecule has 1 N–H and O–H groups in total. The fourth-order valence-electron chi connectivity index (χ4n) is 0. The monoisotopic (exact) mass is 79.0 g/mol. The third kappa shape index (κ3) is 12.7. The number of hydrogen-bond acceptors (Lipinski definition) is 1. The molecule has 0 aliphatic heterocycles. The van der Waals surface area contributed by atoms with Gasteiger partial charge in [0.2, 0.25) is 0 Å². The molecule has 0 amide bonds. The van der Waals surface area contributed by atoms with Crippen LogP contribution in [-0.4, -0.2) is 5.87 Å². The Hall–Kier alpha value is 0.450. The average Bonchev–Trinajstić information content (AvgIpc) is 1.37. The van der Waals surface area contributed by atoms with Crippen molar-refractivity contribution in [3.05, 3.63) is 6.08 Å². The minimum Gasteiger partial charge on any atom is -1.00 e. The van der Waals surface area contributed by atoms with E-state index in [0.29, 0.717) is 0 Å². The topological polar surface area (TPSA) is 23.9 Å². The Bertz CT molecular complexity index is 48.8. The zero-order valence-corrected chi connectivity index (χ0v) is 5.58. The molecule has 5 heavy (non-hydrogen) atoms. The van der Waals surface area contributed by atoms with E-state index < -0.39 is 0 Å². The summed E-state index contributed by atoms with van der Waals surface area (Å²) in [6.45, 7) is 1.76. The molecule has 0 bridgehead atoms. The van der Waals surface area contributed by atoms with E-state index in [-0.39, 0.29) is 31.0 Å². The maximum absolute atomic E-state index is 6.15. The summed E-state index contributed by atoms with van der Waals surface area (Å²) in [6.07, 6.45) is 1.54. The van der Waals surface area contributed by atoms with Gasteiger partial charge in [-0.15, -0.1) is 0 Å².